The van der Waals surface area contributed by atoms with Crippen molar-refractivity contribution >= 4 is 17.2 Å². The van der Waals surface area contributed by atoms with E-state index in [0.29, 0.717) is 24.9 Å². The molecule has 4 rings (SSSR count). The molecule has 0 spiro atoms. The second-order valence-corrected chi connectivity index (χ2v) is 7.24. The summed E-state index contributed by atoms with van der Waals surface area (Å²) in [5.41, 5.74) is 0. The first-order valence-corrected chi connectivity index (χ1v) is 8.92. The van der Waals surface area contributed by atoms with E-state index in [1.165, 1.54) is 30.6 Å². The fourth-order valence-corrected chi connectivity index (χ4v) is 3.48. The maximum Gasteiger partial charge on any atom is 0.220 e. The summed E-state index contributed by atoms with van der Waals surface area (Å²) in [6.07, 6.45) is 6.25. The molecule has 0 bridgehead atoms. The van der Waals surface area contributed by atoms with Crippen molar-refractivity contribution in [3.63, 3.8) is 0 Å². The van der Waals surface area contributed by atoms with Gasteiger partial charge in [-0.15, -0.1) is 21.5 Å². The minimum atomic E-state index is 0.0896. The van der Waals surface area contributed by atoms with Gasteiger partial charge in [-0.25, -0.2) is 0 Å². The molecular formula is C16H20N4OS. The first kappa shape index (κ1) is 13.9. The predicted octanol–water partition coefficient (Wildman–Crippen LogP) is 2.80. The number of hydrogen-bond donors (Lipinski definition) is 1. The standard InChI is InChI=1S/C16H20N4OS/c21-15(8-7-13-2-1-9-22-13)17-10-14-18-19-16(11-3-4-11)20(14)12-5-6-12/h1-2,9,11-12H,3-8,10H2,(H,17,21). The normalized spacial score (nSPS) is 17.6. The lowest BCUT2D eigenvalue weighted by atomic mass is 10.2. The molecule has 2 heterocycles. The number of carbonyl (C=O) groups is 1. The van der Waals surface area contributed by atoms with E-state index < -0.39 is 0 Å². The van der Waals surface area contributed by atoms with Crippen LogP contribution in [0.2, 0.25) is 0 Å². The Morgan fingerprint density at radius 3 is 2.86 bits per heavy atom. The van der Waals surface area contributed by atoms with Crippen LogP contribution in [0.15, 0.2) is 17.5 Å². The number of aryl methyl sites for hydroxylation is 1. The molecule has 0 atom stereocenters. The van der Waals surface area contributed by atoms with Gasteiger partial charge in [-0.05, 0) is 43.6 Å². The van der Waals surface area contributed by atoms with E-state index in [1.807, 2.05) is 11.4 Å². The molecule has 5 nitrogen and oxygen atoms in total. The van der Waals surface area contributed by atoms with Crippen molar-refractivity contribution in [2.45, 2.75) is 57.0 Å². The molecule has 2 aromatic rings. The van der Waals surface area contributed by atoms with Gasteiger partial charge in [0, 0.05) is 23.3 Å². The van der Waals surface area contributed by atoms with Gasteiger partial charge in [0.1, 0.15) is 5.82 Å². The number of hydrogen-bond acceptors (Lipinski definition) is 4. The van der Waals surface area contributed by atoms with Crippen LogP contribution in [-0.4, -0.2) is 20.7 Å². The van der Waals surface area contributed by atoms with Crippen molar-refractivity contribution < 1.29 is 4.79 Å². The van der Waals surface area contributed by atoms with E-state index >= 15 is 0 Å². The molecule has 22 heavy (non-hydrogen) atoms. The van der Waals surface area contributed by atoms with E-state index in [0.717, 1.165) is 18.1 Å². The van der Waals surface area contributed by atoms with Gasteiger partial charge in [0.15, 0.2) is 5.82 Å². The van der Waals surface area contributed by atoms with Crippen LogP contribution < -0.4 is 5.32 Å². The Hall–Kier alpha value is -1.69. The first-order chi connectivity index (χ1) is 10.8. The topological polar surface area (TPSA) is 59.8 Å². The van der Waals surface area contributed by atoms with Crippen LogP contribution in [0.25, 0.3) is 0 Å². The Balaban J connectivity index is 1.34. The lowest BCUT2D eigenvalue weighted by Gasteiger charge is -2.09. The summed E-state index contributed by atoms with van der Waals surface area (Å²) in [6, 6.07) is 4.67. The Morgan fingerprint density at radius 2 is 2.18 bits per heavy atom. The fourth-order valence-electron chi connectivity index (χ4n) is 2.77. The number of thiophene rings is 1. The summed E-state index contributed by atoms with van der Waals surface area (Å²) >= 11 is 1.70. The van der Waals surface area contributed by atoms with Gasteiger partial charge in [0.05, 0.1) is 6.54 Å². The molecule has 1 N–H and O–H groups in total. The molecule has 6 heteroatoms. The van der Waals surface area contributed by atoms with Gasteiger partial charge < -0.3 is 9.88 Å². The summed E-state index contributed by atoms with van der Waals surface area (Å²) in [6.45, 7) is 0.499. The molecule has 2 aliphatic carbocycles. The molecule has 2 aliphatic rings. The largest absolute Gasteiger partial charge is 0.349 e. The van der Waals surface area contributed by atoms with Crippen LogP contribution in [0.1, 0.15) is 60.6 Å². The van der Waals surface area contributed by atoms with Gasteiger partial charge in [0.2, 0.25) is 5.91 Å². The number of rotatable bonds is 7. The zero-order valence-electron chi connectivity index (χ0n) is 12.5. The minimum absolute atomic E-state index is 0.0896. The van der Waals surface area contributed by atoms with Crippen LogP contribution in [0.3, 0.4) is 0 Å². The van der Waals surface area contributed by atoms with E-state index in [9.17, 15) is 4.79 Å². The molecule has 116 valence electrons. The number of carbonyl (C=O) groups excluding carboxylic acids is 1. The summed E-state index contributed by atoms with van der Waals surface area (Å²) in [4.78, 5) is 13.3. The minimum Gasteiger partial charge on any atom is -0.349 e. The van der Waals surface area contributed by atoms with E-state index in [2.05, 4.69) is 26.1 Å². The highest BCUT2D eigenvalue weighted by molar-refractivity contribution is 7.09. The first-order valence-electron chi connectivity index (χ1n) is 8.04. The highest BCUT2D eigenvalue weighted by atomic mass is 32.1. The van der Waals surface area contributed by atoms with Gasteiger partial charge in [-0.3, -0.25) is 4.79 Å². The average molecular weight is 316 g/mol. The Bertz CT molecular complexity index is 656. The molecular weight excluding hydrogens is 296 g/mol. The van der Waals surface area contributed by atoms with Gasteiger partial charge in [0.25, 0.3) is 0 Å². The van der Waals surface area contributed by atoms with E-state index in [4.69, 9.17) is 0 Å². The molecule has 0 unspecified atom stereocenters. The lowest BCUT2D eigenvalue weighted by Crippen LogP contribution is -2.25. The second kappa shape index (κ2) is 5.83. The molecule has 1 amide bonds. The highest BCUT2D eigenvalue weighted by Crippen LogP contribution is 2.44. The number of nitrogens with one attached hydrogen (secondary N) is 1. The molecule has 0 saturated heterocycles. The van der Waals surface area contributed by atoms with Crippen molar-refractivity contribution in [3.8, 4) is 0 Å². The molecule has 0 radical (unpaired) electrons. The van der Waals surface area contributed by atoms with E-state index in [-0.39, 0.29) is 5.91 Å². The number of amides is 1. The molecule has 2 fully saturated rings. The van der Waals surface area contributed by atoms with Crippen LogP contribution in [-0.2, 0) is 17.8 Å². The fraction of sp³-hybridized carbons (Fsp3) is 0.562. The Morgan fingerprint density at radius 1 is 1.32 bits per heavy atom. The maximum absolute atomic E-state index is 12.0. The second-order valence-electron chi connectivity index (χ2n) is 6.21. The smallest absolute Gasteiger partial charge is 0.220 e. The monoisotopic (exact) mass is 316 g/mol. The summed E-state index contributed by atoms with van der Waals surface area (Å²) < 4.78 is 2.29. The Kier molecular flexibility index (Phi) is 3.70. The zero-order valence-corrected chi connectivity index (χ0v) is 13.3. The van der Waals surface area contributed by atoms with Crippen LogP contribution in [0, 0.1) is 0 Å². The van der Waals surface area contributed by atoms with Crippen LogP contribution in [0.4, 0.5) is 0 Å². The highest BCUT2D eigenvalue weighted by Gasteiger charge is 2.36. The third-order valence-corrected chi connectivity index (χ3v) is 5.21. The third-order valence-electron chi connectivity index (χ3n) is 4.27. The summed E-state index contributed by atoms with van der Waals surface area (Å²) in [7, 11) is 0. The van der Waals surface area contributed by atoms with Crippen molar-refractivity contribution in [1.82, 2.24) is 20.1 Å². The Labute approximate surface area is 133 Å². The van der Waals surface area contributed by atoms with Crippen molar-refractivity contribution in [3.05, 3.63) is 34.0 Å². The number of aromatic nitrogens is 3. The molecule has 2 saturated carbocycles. The maximum atomic E-state index is 12.0. The third kappa shape index (κ3) is 3.06. The molecule has 0 aliphatic heterocycles. The zero-order chi connectivity index (χ0) is 14.9. The average Bonchev–Trinajstić information content (AvgIpc) is 3.45. The van der Waals surface area contributed by atoms with Crippen molar-refractivity contribution in [2.24, 2.45) is 0 Å². The van der Waals surface area contributed by atoms with Crippen molar-refractivity contribution in [2.75, 3.05) is 0 Å². The van der Waals surface area contributed by atoms with Gasteiger partial charge in [-0.2, -0.15) is 0 Å². The lowest BCUT2D eigenvalue weighted by molar-refractivity contribution is -0.121. The quantitative estimate of drug-likeness (QED) is 0.854. The predicted molar refractivity (Wildman–Crippen MR) is 84.8 cm³/mol. The molecule has 2 aromatic heterocycles. The van der Waals surface area contributed by atoms with Crippen LogP contribution in [0.5, 0.6) is 0 Å². The number of nitrogens with zero attached hydrogens (tertiary/aromatic N) is 3. The van der Waals surface area contributed by atoms with Crippen LogP contribution >= 0.6 is 11.3 Å². The van der Waals surface area contributed by atoms with Gasteiger partial charge in [-0.1, -0.05) is 6.07 Å². The SMILES string of the molecule is O=C(CCc1cccs1)NCc1nnc(C2CC2)n1C1CC1. The van der Waals surface area contributed by atoms with E-state index in [1.54, 1.807) is 11.3 Å². The van der Waals surface area contributed by atoms with Crippen molar-refractivity contribution in [1.29, 1.82) is 0 Å². The molecule has 0 aromatic carbocycles. The summed E-state index contributed by atoms with van der Waals surface area (Å²) in [5, 5.41) is 13.7. The summed E-state index contributed by atoms with van der Waals surface area (Å²) in [5.74, 6) is 2.77. The van der Waals surface area contributed by atoms with Gasteiger partial charge >= 0.3 is 0 Å².